The standard InChI is InChI=1S/C13H19NO/c1-4-10-14(3)13(15)12-8-6-11(5-2)7-9-12/h6-9H,4-5,10H2,1-3H3. The minimum absolute atomic E-state index is 0.111. The molecule has 0 aliphatic rings. The highest BCUT2D eigenvalue weighted by atomic mass is 16.2. The first-order valence-electron chi connectivity index (χ1n) is 5.53. The van der Waals surface area contributed by atoms with Crippen molar-refractivity contribution >= 4 is 5.91 Å². The van der Waals surface area contributed by atoms with Crippen LogP contribution in [0.3, 0.4) is 0 Å². The number of nitrogens with zero attached hydrogens (tertiary/aromatic N) is 1. The van der Waals surface area contributed by atoms with Crippen LogP contribution in [0.5, 0.6) is 0 Å². The van der Waals surface area contributed by atoms with Gasteiger partial charge in [0.1, 0.15) is 0 Å². The first-order valence-corrected chi connectivity index (χ1v) is 5.53. The molecule has 0 saturated heterocycles. The molecule has 1 rings (SSSR count). The summed E-state index contributed by atoms with van der Waals surface area (Å²) in [5, 5.41) is 0. The van der Waals surface area contributed by atoms with E-state index in [9.17, 15) is 4.79 Å². The largest absolute Gasteiger partial charge is 0.342 e. The fourth-order valence-electron chi connectivity index (χ4n) is 1.54. The van der Waals surface area contributed by atoms with E-state index in [0.717, 1.165) is 24.9 Å². The molecule has 0 unspecified atom stereocenters. The van der Waals surface area contributed by atoms with E-state index in [4.69, 9.17) is 0 Å². The maximum Gasteiger partial charge on any atom is 0.253 e. The third-order valence-corrected chi connectivity index (χ3v) is 2.51. The Labute approximate surface area is 91.9 Å². The van der Waals surface area contributed by atoms with Gasteiger partial charge in [0.25, 0.3) is 5.91 Å². The van der Waals surface area contributed by atoms with E-state index in [1.807, 2.05) is 31.3 Å². The zero-order valence-corrected chi connectivity index (χ0v) is 9.79. The number of carbonyl (C=O) groups is 1. The number of carbonyl (C=O) groups excluding carboxylic acids is 1. The molecule has 2 heteroatoms. The second kappa shape index (κ2) is 5.54. The van der Waals surface area contributed by atoms with Crippen molar-refractivity contribution in [2.45, 2.75) is 26.7 Å². The Morgan fingerprint density at radius 3 is 2.27 bits per heavy atom. The van der Waals surface area contributed by atoms with E-state index in [1.54, 1.807) is 4.90 Å². The monoisotopic (exact) mass is 205 g/mol. The Hall–Kier alpha value is -1.31. The van der Waals surface area contributed by atoms with E-state index in [2.05, 4.69) is 13.8 Å². The molecule has 82 valence electrons. The fraction of sp³-hybridized carbons (Fsp3) is 0.462. The van der Waals surface area contributed by atoms with Crippen LogP contribution in [0.25, 0.3) is 0 Å². The van der Waals surface area contributed by atoms with Crippen LogP contribution in [0.1, 0.15) is 36.2 Å². The molecule has 0 spiro atoms. The van der Waals surface area contributed by atoms with Crippen LogP contribution in [-0.4, -0.2) is 24.4 Å². The molecule has 0 heterocycles. The summed E-state index contributed by atoms with van der Waals surface area (Å²) < 4.78 is 0. The second-order valence-corrected chi connectivity index (χ2v) is 3.78. The number of hydrogen-bond acceptors (Lipinski definition) is 1. The molecule has 0 bridgehead atoms. The lowest BCUT2D eigenvalue weighted by Gasteiger charge is -2.16. The summed E-state index contributed by atoms with van der Waals surface area (Å²) in [5.41, 5.74) is 2.05. The van der Waals surface area contributed by atoms with Crippen LogP contribution in [0.4, 0.5) is 0 Å². The maximum atomic E-state index is 11.9. The smallest absolute Gasteiger partial charge is 0.253 e. The predicted molar refractivity (Wildman–Crippen MR) is 63.1 cm³/mol. The Morgan fingerprint density at radius 1 is 1.20 bits per heavy atom. The van der Waals surface area contributed by atoms with Crippen molar-refractivity contribution in [3.63, 3.8) is 0 Å². The number of benzene rings is 1. The van der Waals surface area contributed by atoms with Gasteiger partial charge in [-0.25, -0.2) is 0 Å². The minimum atomic E-state index is 0.111. The van der Waals surface area contributed by atoms with Crippen LogP contribution in [0, 0.1) is 0 Å². The molecule has 2 nitrogen and oxygen atoms in total. The highest BCUT2D eigenvalue weighted by molar-refractivity contribution is 5.94. The van der Waals surface area contributed by atoms with Crippen LogP contribution in [-0.2, 0) is 6.42 Å². The van der Waals surface area contributed by atoms with Gasteiger partial charge in [-0.1, -0.05) is 26.0 Å². The summed E-state index contributed by atoms with van der Waals surface area (Å²) in [6.45, 7) is 5.00. The maximum absolute atomic E-state index is 11.9. The molecule has 1 aromatic carbocycles. The lowest BCUT2D eigenvalue weighted by molar-refractivity contribution is 0.0795. The van der Waals surface area contributed by atoms with Gasteiger partial charge in [-0.3, -0.25) is 4.79 Å². The molecule has 0 N–H and O–H groups in total. The Kier molecular flexibility index (Phi) is 4.35. The Balaban J connectivity index is 2.73. The average Bonchev–Trinajstić information content (AvgIpc) is 2.28. The molecule has 1 amide bonds. The predicted octanol–water partition coefficient (Wildman–Crippen LogP) is 2.73. The lowest BCUT2D eigenvalue weighted by atomic mass is 10.1. The Bertz CT molecular complexity index is 316. The van der Waals surface area contributed by atoms with Gasteiger partial charge in [-0.05, 0) is 30.5 Å². The minimum Gasteiger partial charge on any atom is -0.342 e. The van der Waals surface area contributed by atoms with Gasteiger partial charge in [0.15, 0.2) is 0 Å². The van der Waals surface area contributed by atoms with Gasteiger partial charge in [-0.2, -0.15) is 0 Å². The number of rotatable bonds is 4. The summed E-state index contributed by atoms with van der Waals surface area (Å²) in [4.78, 5) is 13.6. The molecule has 15 heavy (non-hydrogen) atoms. The van der Waals surface area contributed by atoms with Gasteiger partial charge in [0.05, 0.1) is 0 Å². The summed E-state index contributed by atoms with van der Waals surface area (Å²) in [6.07, 6.45) is 2.01. The van der Waals surface area contributed by atoms with Gasteiger partial charge < -0.3 is 4.90 Å². The van der Waals surface area contributed by atoms with Crippen molar-refractivity contribution in [1.82, 2.24) is 4.90 Å². The van der Waals surface area contributed by atoms with Crippen molar-refractivity contribution in [1.29, 1.82) is 0 Å². The molecule has 0 aromatic heterocycles. The molecule has 0 aliphatic carbocycles. The van der Waals surface area contributed by atoms with E-state index >= 15 is 0 Å². The molecule has 0 aliphatic heterocycles. The summed E-state index contributed by atoms with van der Waals surface area (Å²) in [7, 11) is 1.85. The normalized spacial score (nSPS) is 10.1. The van der Waals surface area contributed by atoms with E-state index in [0.29, 0.717) is 0 Å². The lowest BCUT2D eigenvalue weighted by Crippen LogP contribution is -2.27. The molecule has 0 fully saturated rings. The van der Waals surface area contributed by atoms with Crippen molar-refractivity contribution in [2.24, 2.45) is 0 Å². The first kappa shape index (κ1) is 11.8. The molecular weight excluding hydrogens is 186 g/mol. The third-order valence-electron chi connectivity index (χ3n) is 2.51. The van der Waals surface area contributed by atoms with Crippen LogP contribution >= 0.6 is 0 Å². The topological polar surface area (TPSA) is 20.3 Å². The number of hydrogen-bond donors (Lipinski definition) is 0. The second-order valence-electron chi connectivity index (χ2n) is 3.78. The summed E-state index contributed by atoms with van der Waals surface area (Å²) >= 11 is 0. The van der Waals surface area contributed by atoms with Crippen molar-refractivity contribution < 1.29 is 4.79 Å². The highest BCUT2D eigenvalue weighted by Gasteiger charge is 2.09. The third kappa shape index (κ3) is 3.08. The van der Waals surface area contributed by atoms with Crippen molar-refractivity contribution in [2.75, 3.05) is 13.6 Å². The zero-order chi connectivity index (χ0) is 11.3. The molecule has 0 atom stereocenters. The van der Waals surface area contributed by atoms with Crippen LogP contribution in [0.2, 0.25) is 0 Å². The number of amides is 1. The summed E-state index contributed by atoms with van der Waals surface area (Å²) in [6, 6.07) is 7.86. The van der Waals surface area contributed by atoms with Crippen LogP contribution < -0.4 is 0 Å². The Morgan fingerprint density at radius 2 is 1.80 bits per heavy atom. The van der Waals surface area contributed by atoms with Gasteiger partial charge in [0, 0.05) is 19.2 Å². The molecular formula is C13H19NO. The van der Waals surface area contributed by atoms with Crippen molar-refractivity contribution in [3.05, 3.63) is 35.4 Å². The molecule has 0 radical (unpaired) electrons. The molecule has 1 aromatic rings. The summed E-state index contributed by atoms with van der Waals surface area (Å²) in [5.74, 6) is 0.111. The van der Waals surface area contributed by atoms with Crippen LogP contribution in [0.15, 0.2) is 24.3 Å². The van der Waals surface area contributed by atoms with E-state index in [-0.39, 0.29) is 5.91 Å². The molecule has 0 saturated carbocycles. The fourth-order valence-corrected chi connectivity index (χ4v) is 1.54. The quantitative estimate of drug-likeness (QED) is 0.740. The van der Waals surface area contributed by atoms with Gasteiger partial charge >= 0.3 is 0 Å². The average molecular weight is 205 g/mol. The van der Waals surface area contributed by atoms with Crippen molar-refractivity contribution in [3.8, 4) is 0 Å². The van der Waals surface area contributed by atoms with E-state index in [1.165, 1.54) is 5.56 Å². The highest BCUT2D eigenvalue weighted by Crippen LogP contribution is 2.07. The SMILES string of the molecule is CCCN(C)C(=O)c1ccc(CC)cc1. The first-order chi connectivity index (χ1) is 7.19. The number of aryl methyl sites for hydroxylation is 1. The zero-order valence-electron chi connectivity index (χ0n) is 9.79. The van der Waals surface area contributed by atoms with Gasteiger partial charge in [0.2, 0.25) is 0 Å². The van der Waals surface area contributed by atoms with E-state index < -0.39 is 0 Å². The van der Waals surface area contributed by atoms with Gasteiger partial charge in [-0.15, -0.1) is 0 Å².